The molecule has 3 unspecified atom stereocenters. The van der Waals surface area contributed by atoms with Gasteiger partial charge >= 0.3 is 0 Å². The minimum absolute atomic E-state index is 0.318. The topological polar surface area (TPSA) is 33.1 Å². The molecule has 5 heteroatoms. The number of hydrogen-bond donors (Lipinski definition) is 1. The molecule has 4 nitrogen and oxygen atoms in total. The molecule has 1 N–H and O–H groups in total. The molecule has 0 saturated heterocycles. The van der Waals surface area contributed by atoms with Crippen LogP contribution in [-0.2, 0) is 6.54 Å². The lowest BCUT2D eigenvalue weighted by atomic mass is 9.93. The van der Waals surface area contributed by atoms with E-state index in [1.54, 1.807) is 6.20 Å². The number of rotatable bonds is 7. The molecular formula is C16H29ClN4. The third-order valence-corrected chi connectivity index (χ3v) is 5.12. The molecule has 120 valence electrons. The Balaban J connectivity index is 2.15. The van der Waals surface area contributed by atoms with Gasteiger partial charge in [0.15, 0.2) is 0 Å². The Labute approximate surface area is 133 Å². The van der Waals surface area contributed by atoms with Gasteiger partial charge in [0.1, 0.15) is 0 Å². The van der Waals surface area contributed by atoms with Gasteiger partial charge in [-0.15, -0.1) is 0 Å². The van der Waals surface area contributed by atoms with Crippen LogP contribution < -0.4 is 5.32 Å². The summed E-state index contributed by atoms with van der Waals surface area (Å²) in [6.07, 6.45) is 7.03. The van der Waals surface area contributed by atoms with E-state index in [4.69, 9.17) is 11.6 Å². The SMILES string of the molecule is CCC1CCC(C(NC)c2c(Cl)cnn2CCN(C)C)C1. The first-order valence-electron chi connectivity index (χ1n) is 8.10. The van der Waals surface area contributed by atoms with Crippen molar-refractivity contribution in [1.82, 2.24) is 20.0 Å². The maximum absolute atomic E-state index is 6.45. The van der Waals surface area contributed by atoms with Crippen LogP contribution in [0.3, 0.4) is 0 Å². The van der Waals surface area contributed by atoms with E-state index in [0.29, 0.717) is 12.0 Å². The zero-order valence-electron chi connectivity index (χ0n) is 13.8. The summed E-state index contributed by atoms with van der Waals surface area (Å²) in [5, 5.41) is 8.79. The van der Waals surface area contributed by atoms with Gasteiger partial charge in [0.2, 0.25) is 0 Å². The van der Waals surface area contributed by atoms with Crippen molar-refractivity contribution >= 4 is 11.6 Å². The van der Waals surface area contributed by atoms with Gasteiger partial charge in [-0.1, -0.05) is 31.4 Å². The summed E-state index contributed by atoms with van der Waals surface area (Å²) in [5.74, 6) is 1.55. The first-order valence-corrected chi connectivity index (χ1v) is 8.47. The summed E-state index contributed by atoms with van der Waals surface area (Å²) in [7, 11) is 6.22. The van der Waals surface area contributed by atoms with Gasteiger partial charge in [-0.2, -0.15) is 5.10 Å². The van der Waals surface area contributed by atoms with E-state index in [1.165, 1.54) is 31.4 Å². The summed E-state index contributed by atoms with van der Waals surface area (Å²) < 4.78 is 2.09. The fraction of sp³-hybridized carbons (Fsp3) is 0.812. The van der Waals surface area contributed by atoms with Crippen molar-refractivity contribution in [3.8, 4) is 0 Å². The van der Waals surface area contributed by atoms with Gasteiger partial charge < -0.3 is 10.2 Å². The number of hydrogen-bond acceptors (Lipinski definition) is 3. The molecule has 0 amide bonds. The van der Waals surface area contributed by atoms with Gasteiger partial charge in [-0.25, -0.2) is 0 Å². The van der Waals surface area contributed by atoms with E-state index in [0.717, 1.165) is 24.0 Å². The van der Waals surface area contributed by atoms with Crippen LogP contribution in [0, 0.1) is 11.8 Å². The maximum atomic E-state index is 6.45. The standard InChI is InChI=1S/C16H29ClN4/c1-5-12-6-7-13(10-12)15(18-2)16-14(17)11-19-21(16)9-8-20(3)4/h11-13,15,18H,5-10H2,1-4H3. The van der Waals surface area contributed by atoms with Crippen LogP contribution in [0.15, 0.2) is 6.20 Å². The Kier molecular flexibility index (Phi) is 6.08. The minimum Gasteiger partial charge on any atom is -0.311 e. The Bertz CT molecular complexity index is 443. The van der Waals surface area contributed by atoms with Crippen molar-refractivity contribution in [3.63, 3.8) is 0 Å². The second-order valence-electron chi connectivity index (χ2n) is 6.52. The van der Waals surface area contributed by atoms with E-state index >= 15 is 0 Å². The molecule has 1 aliphatic carbocycles. The molecule has 1 aromatic rings. The lowest BCUT2D eigenvalue weighted by molar-refractivity contribution is 0.331. The van der Waals surface area contributed by atoms with Crippen LogP contribution in [0.5, 0.6) is 0 Å². The van der Waals surface area contributed by atoms with Crippen LogP contribution >= 0.6 is 11.6 Å². The smallest absolute Gasteiger partial charge is 0.0834 e. The number of likely N-dealkylation sites (N-methyl/N-ethyl adjacent to an activating group) is 1. The first kappa shape index (κ1) is 16.8. The average Bonchev–Trinajstić information content (AvgIpc) is 3.06. The average molecular weight is 313 g/mol. The normalized spacial score (nSPS) is 23.9. The van der Waals surface area contributed by atoms with Crippen LogP contribution in [0.25, 0.3) is 0 Å². The highest BCUT2D eigenvalue weighted by atomic mass is 35.5. The quantitative estimate of drug-likeness (QED) is 0.839. The molecule has 3 atom stereocenters. The molecule has 0 aromatic carbocycles. The number of nitrogens with one attached hydrogen (secondary N) is 1. The largest absolute Gasteiger partial charge is 0.311 e. The fourth-order valence-corrected chi connectivity index (χ4v) is 3.80. The van der Waals surface area contributed by atoms with Crippen LogP contribution in [0.4, 0.5) is 0 Å². The zero-order chi connectivity index (χ0) is 15.4. The maximum Gasteiger partial charge on any atom is 0.0834 e. The molecule has 1 heterocycles. The highest BCUT2D eigenvalue weighted by molar-refractivity contribution is 6.31. The van der Waals surface area contributed by atoms with Crippen LogP contribution in [0.1, 0.15) is 44.3 Å². The van der Waals surface area contributed by atoms with Crippen molar-refractivity contribution in [3.05, 3.63) is 16.9 Å². The predicted octanol–water partition coefficient (Wildman–Crippen LogP) is 3.18. The highest BCUT2D eigenvalue weighted by Crippen LogP contribution is 2.41. The van der Waals surface area contributed by atoms with E-state index in [1.807, 2.05) is 7.05 Å². The zero-order valence-corrected chi connectivity index (χ0v) is 14.5. The molecule has 1 aromatic heterocycles. The van der Waals surface area contributed by atoms with Gasteiger partial charge in [0.05, 0.1) is 29.5 Å². The second-order valence-corrected chi connectivity index (χ2v) is 6.93. The Hall–Kier alpha value is -0.580. The number of aromatic nitrogens is 2. The van der Waals surface area contributed by atoms with E-state index < -0.39 is 0 Å². The number of nitrogens with zero attached hydrogens (tertiary/aromatic N) is 3. The Morgan fingerprint density at radius 3 is 2.81 bits per heavy atom. The van der Waals surface area contributed by atoms with Crippen molar-refractivity contribution in [2.75, 3.05) is 27.7 Å². The lowest BCUT2D eigenvalue weighted by Crippen LogP contribution is -2.29. The molecule has 1 aliphatic rings. The van der Waals surface area contributed by atoms with E-state index in [9.17, 15) is 0 Å². The minimum atomic E-state index is 0.318. The van der Waals surface area contributed by atoms with Crippen molar-refractivity contribution in [2.24, 2.45) is 11.8 Å². The highest BCUT2D eigenvalue weighted by Gasteiger charge is 2.33. The first-order chi connectivity index (χ1) is 10.1. The third-order valence-electron chi connectivity index (χ3n) is 4.83. The van der Waals surface area contributed by atoms with Crippen LogP contribution in [-0.4, -0.2) is 42.4 Å². The molecule has 0 radical (unpaired) electrons. The molecule has 2 rings (SSSR count). The molecule has 0 aliphatic heterocycles. The second kappa shape index (κ2) is 7.61. The summed E-state index contributed by atoms with van der Waals surface area (Å²) in [6, 6.07) is 0.318. The van der Waals surface area contributed by atoms with E-state index in [-0.39, 0.29) is 0 Å². The summed E-state index contributed by atoms with van der Waals surface area (Å²) in [5.41, 5.74) is 1.17. The number of halogens is 1. The van der Waals surface area contributed by atoms with Gasteiger partial charge in [0, 0.05) is 6.54 Å². The van der Waals surface area contributed by atoms with Gasteiger partial charge in [0.25, 0.3) is 0 Å². The molecule has 21 heavy (non-hydrogen) atoms. The van der Waals surface area contributed by atoms with E-state index in [2.05, 4.69) is 41.0 Å². The summed E-state index contributed by atoms with van der Waals surface area (Å²) >= 11 is 6.45. The van der Waals surface area contributed by atoms with Crippen molar-refractivity contribution in [1.29, 1.82) is 0 Å². The third kappa shape index (κ3) is 3.99. The van der Waals surface area contributed by atoms with Gasteiger partial charge in [-0.3, -0.25) is 4.68 Å². The molecule has 1 saturated carbocycles. The monoisotopic (exact) mass is 312 g/mol. The Morgan fingerprint density at radius 2 is 2.24 bits per heavy atom. The van der Waals surface area contributed by atoms with Crippen molar-refractivity contribution in [2.45, 2.75) is 45.2 Å². The van der Waals surface area contributed by atoms with Gasteiger partial charge in [-0.05, 0) is 45.8 Å². The lowest BCUT2D eigenvalue weighted by Gasteiger charge is -2.25. The molecule has 1 fully saturated rings. The van der Waals surface area contributed by atoms with Crippen molar-refractivity contribution < 1.29 is 0 Å². The Morgan fingerprint density at radius 1 is 1.48 bits per heavy atom. The summed E-state index contributed by atoms with van der Waals surface area (Å²) in [6.45, 7) is 4.16. The fourth-order valence-electron chi connectivity index (χ4n) is 3.54. The molecular weight excluding hydrogens is 284 g/mol. The van der Waals surface area contributed by atoms with Crippen LogP contribution in [0.2, 0.25) is 5.02 Å². The predicted molar refractivity (Wildman–Crippen MR) is 88.7 cm³/mol. The molecule has 0 bridgehead atoms. The molecule has 0 spiro atoms. The summed E-state index contributed by atoms with van der Waals surface area (Å²) in [4.78, 5) is 2.18.